The fraction of sp³-hybridized carbons (Fsp3) is 0.417. The molecule has 21 heteroatoms. The van der Waals surface area contributed by atoms with Gasteiger partial charge in [-0.2, -0.15) is 0 Å². The van der Waals surface area contributed by atoms with Crippen LogP contribution in [0.3, 0.4) is 0 Å². The average molecular weight is 676 g/mol. The molecule has 2 aliphatic heterocycles. The Kier molecular flexibility index (Phi) is 6.85. The Morgan fingerprint density at radius 3 is 2.82 bits per heavy atom. The number of anilines is 1. The van der Waals surface area contributed by atoms with E-state index in [1.165, 1.54) is 29.4 Å². The molecule has 18 nitrogen and oxygen atoms in total. The summed E-state index contributed by atoms with van der Waals surface area (Å²) >= 11 is 5.34. The molecule has 2 unspecified atom stereocenters. The van der Waals surface area contributed by atoms with Gasteiger partial charge in [0, 0.05) is 53.1 Å². The van der Waals surface area contributed by atoms with Gasteiger partial charge in [0.05, 0.1) is 25.4 Å². The van der Waals surface area contributed by atoms with Crippen LogP contribution in [0.4, 0.5) is 5.82 Å². The van der Waals surface area contributed by atoms with E-state index in [-0.39, 0.29) is 54.2 Å². The number of ether oxygens (including phenoxy) is 1. The summed E-state index contributed by atoms with van der Waals surface area (Å²) in [5.74, 6) is 0.0705. The lowest BCUT2D eigenvalue weighted by Gasteiger charge is -2.45. The van der Waals surface area contributed by atoms with Crippen LogP contribution in [0, 0.1) is 11.8 Å². The second-order valence-electron chi connectivity index (χ2n) is 10.9. The second-order valence-corrected chi connectivity index (χ2v) is 14.6. The highest BCUT2D eigenvalue weighted by Crippen LogP contribution is 2.56. The van der Waals surface area contributed by atoms with E-state index in [0.717, 1.165) is 0 Å². The molecule has 0 radical (unpaired) electrons. The largest absolute Gasteiger partial charge is 0.697 e. The summed E-state index contributed by atoms with van der Waals surface area (Å²) in [5, 5.41) is 0. The maximum absolute atomic E-state index is 13.2. The molecule has 8 rings (SSSR count). The van der Waals surface area contributed by atoms with E-state index in [4.69, 9.17) is 40.4 Å². The first-order chi connectivity index (χ1) is 21.7. The number of hydrogen-bond donors (Lipinski definition) is 3. The third-order valence-electron chi connectivity index (χ3n) is 8.36. The number of nitrogens with two attached hydrogens (primary N) is 1. The summed E-state index contributed by atoms with van der Waals surface area (Å²) in [6, 6.07) is -0.255. The molecular formula is C24H25N10O8P2S+. The Morgan fingerprint density at radius 1 is 1.13 bits per heavy atom. The van der Waals surface area contributed by atoms with Crippen molar-refractivity contribution in [3.05, 3.63) is 54.1 Å². The highest BCUT2D eigenvalue weighted by molar-refractivity contribution is 8.07. The number of fused-ring (bicyclic) bond motifs is 6. The average Bonchev–Trinajstić information content (AvgIpc) is 3.77. The van der Waals surface area contributed by atoms with Crippen LogP contribution >= 0.6 is 15.0 Å². The van der Waals surface area contributed by atoms with Gasteiger partial charge < -0.3 is 29.4 Å². The van der Waals surface area contributed by atoms with Crippen molar-refractivity contribution in [3.8, 4) is 0 Å². The van der Waals surface area contributed by atoms with Crippen molar-refractivity contribution in [3.63, 3.8) is 0 Å². The fourth-order valence-electron chi connectivity index (χ4n) is 6.26. The Balaban J connectivity index is 1.08. The van der Waals surface area contributed by atoms with Gasteiger partial charge in [-0.3, -0.25) is 13.9 Å². The lowest BCUT2D eigenvalue weighted by molar-refractivity contribution is -0.0428. The van der Waals surface area contributed by atoms with E-state index in [9.17, 15) is 14.3 Å². The highest BCUT2D eigenvalue weighted by atomic mass is 32.5. The number of nitrogens with one attached hydrogen (secondary N) is 1. The Morgan fingerprint density at radius 2 is 1.96 bits per heavy atom. The maximum atomic E-state index is 13.2. The Bertz CT molecular complexity index is 2110. The third-order valence-corrected chi connectivity index (χ3v) is 10.6. The number of allylic oxidation sites excluding steroid dienone is 1. The van der Waals surface area contributed by atoms with Crippen molar-refractivity contribution < 1.29 is 32.3 Å². The van der Waals surface area contributed by atoms with E-state index in [1.54, 1.807) is 10.9 Å². The standard InChI is InChI=1S/C24H24N10O8P2S/c1-11-16-12(4-14(16)33-9-29-17-19(25)27-8-28-20(17)33)6-38-43(36)41-15-5-13(7-39-44(37,45)42-11)40-23(15)34-10-30-18-21(34)31-24-26-2-3-32(24)22(18)35/h2-3,8-10,12-16,23H,1,4-7H2,(H3-,25,26,27,28,31,35,37,45)/p+1/t12-,13+,14-,15-,16-,23-,44?/m1/s1. The number of aromatic amines is 1. The summed E-state index contributed by atoms with van der Waals surface area (Å²) in [6.07, 6.45) is 5.79. The minimum absolute atomic E-state index is 0.0263. The first-order valence-corrected chi connectivity index (χ1v) is 17.5. The fourth-order valence-corrected chi connectivity index (χ4v) is 8.34. The minimum atomic E-state index is -3.83. The molecule has 0 amide bonds. The number of nitrogens with zero attached hydrogens (tertiary/aromatic N) is 8. The Hall–Kier alpha value is -3.67. The molecule has 7 heterocycles. The summed E-state index contributed by atoms with van der Waals surface area (Å²) < 4.78 is 47.3. The predicted molar refractivity (Wildman–Crippen MR) is 159 cm³/mol. The number of rotatable bonds is 2. The normalized spacial score (nSPS) is 31.9. The van der Waals surface area contributed by atoms with Crippen LogP contribution < -0.4 is 11.3 Å². The van der Waals surface area contributed by atoms with Crippen LogP contribution in [0.15, 0.2) is 48.5 Å². The molecule has 1 aliphatic carbocycles. The zero-order valence-electron chi connectivity index (χ0n) is 23.1. The van der Waals surface area contributed by atoms with Gasteiger partial charge in [0.15, 0.2) is 29.3 Å². The Labute approximate surface area is 258 Å². The van der Waals surface area contributed by atoms with E-state index in [2.05, 4.69) is 36.5 Å². The molecule has 8 atom stereocenters. The molecule has 3 fully saturated rings. The molecule has 2 saturated heterocycles. The van der Waals surface area contributed by atoms with Crippen molar-refractivity contribution >= 4 is 60.7 Å². The highest BCUT2D eigenvalue weighted by Gasteiger charge is 2.50. The van der Waals surface area contributed by atoms with E-state index in [0.29, 0.717) is 29.0 Å². The van der Waals surface area contributed by atoms with Gasteiger partial charge in [0.25, 0.3) is 5.56 Å². The third kappa shape index (κ3) is 4.87. The molecular weight excluding hydrogens is 650 g/mol. The first-order valence-electron chi connectivity index (χ1n) is 13.8. The number of H-pyrrole nitrogens is 1. The smallest absolute Gasteiger partial charge is 0.429 e. The maximum Gasteiger partial charge on any atom is 0.697 e. The molecule has 1 saturated carbocycles. The quantitative estimate of drug-likeness (QED) is 0.228. The zero-order chi connectivity index (χ0) is 31.0. The summed E-state index contributed by atoms with van der Waals surface area (Å²) in [5.41, 5.74) is 7.06. The first kappa shape index (κ1) is 28.8. The summed E-state index contributed by atoms with van der Waals surface area (Å²) in [6.45, 7) is 0.0867. The minimum Gasteiger partial charge on any atom is -0.429 e. The van der Waals surface area contributed by atoms with Crippen molar-refractivity contribution in [2.75, 3.05) is 18.9 Å². The molecule has 0 aromatic carbocycles. The van der Waals surface area contributed by atoms with Crippen molar-refractivity contribution in [1.29, 1.82) is 0 Å². The molecule has 45 heavy (non-hydrogen) atoms. The van der Waals surface area contributed by atoms with Crippen molar-refractivity contribution in [1.82, 2.24) is 43.4 Å². The van der Waals surface area contributed by atoms with Crippen molar-refractivity contribution in [2.24, 2.45) is 11.8 Å². The molecule has 5 aromatic rings. The van der Waals surface area contributed by atoms with Crippen LogP contribution in [0.1, 0.15) is 25.1 Å². The molecule has 2 bridgehead atoms. The summed E-state index contributed by atoms with van der Waals surface area (Å²) in [4.78, 5) is 48.1. The molecule has 4 N–H and O–H groups in total. The second kappa shape index (κ2) is 10.7. The monoisotopic (exact) mass is 675 g/mol. The van der Waals surface area contributed by atoms with Crippen molar-refractivity contribution in [2.45, 2.75) is 37.3 Å². The number of imidazole rings is 3. The lowest BCUT2D eigenvalue weighted by atomic mass is 9.68. The van der Waals surface area contributed by atoms with E-state index < -0.39 is 39.3 Å². The van der Waals surface area contributed by atoms with Gasteiger partial charge in [0.1, 0.15) is 29.9 Å². The van der Waals surface area contributed by atoms with Gasteiger partial charge in [-0.1, -0.05) is 6.58 Å². The van der Waals surface area contributed by atoms with Gasteiger partial charge in [-0.15, -0.1) is 9.05 Å². The predicted octanol–water partition coefficient (Wildman–Crippen LogP) is 2.10. The van der Waals surface area contributed by atoms with Crippen LogP contribution in [0.5, 0.6) is 0 Å². The van der Waals surface area contributed by atoms with Crippen LogP contribution in [0.2, 0.25) is 0 Å². The van der Waals surface area contributed by atoms with Gasteiger partial charge in [0.2, 0.25) is 5.78 Å². The zero-order valence-corrected chi connectivity index (χ0v) is 25.8. The summed E-state index contributed by atoms with van der Waals surface area (Å²) in [7, 11) is -2.61. The number of nitrogen functional groups attached to an aromatic ring is 1. The lowest BCUT2D eigenvalue weighted by Crippen LogP contribution is -2.42. The molecule has 234 valence electrons. The van der Waals surface area contributed by atoms with Crippen LogP contribution in [-0.4, -0.2) is 73.8 Å². The molecule has 3 aliphatic rings. The van der Waals surface area contributed by atoms with Crippen LogP contribution in [0.25, 0.3) is 28.1 Å². The van der Waals surface area contributed by atoms with E-state index >= 15 is 0 Å². The number of hydrogen-bond acceptors (Lipinski definition) is 14. The van der Waals surface area contributed by atoms with Gasteiger partial charge in [-0.05, 0) is 6.42 Å². The molecule has 5 aromatic heterocycles. The molecule has 0 spiro atoms. The van der Waals surface area contributed by atoms with Crippen LogP contribution in [-0.2, 0) is 39.2 Å². The van der Waals surface area contributed by atoms with E-state index in [1.807, 2.05) is 4.57 Å². The topological polar surface area (TPSA) is 221 Å². The SMILES string of the molecule is C=C1OP(O)(=S)OC[C@@H]2C[C@@H](O[P+](=O)OC[C@H]3C[C@@H](n4cnc5c(N)ncnc54)[C@H]13)[C@H](n1cnc3c(=O)n4ccnc4[nH]c31)O2. The van der Waals surface area contributed by atoms with Gasteiger partial charge >= 0.3 is 15.0 Å². The van der Waals surface area contributed by atoms with Gasteiger partial charge in [-0.25, -0.2) is 29.3 Å². The number of aromatic nitrogens is 9.